The van der Waals surface area contributed by atoms with Gasteiger partial charge in [0.25, 0.3) is 0 Å². The lowest BCUT2D eigenvalue weighted by Crippen LogP contribution is -2.22. The Morgan fingerprint density at radius 3 is 2.58 bits per heavy atom. The van der Waals surface area contributed by atoms with E-state index in [4.69, 9.17) is 4.74 Å². The molecule has 0 spiro atoms. The number of hydrogen-bond acceptors (Lipinski definition) is 2. The highest BCUT2D eigenvalue weighted by atomic mass is 16.5. The summed E-state index contributed by atoms with van der Waals surface area (Å²) in [4.78, 5) is 0. The van der Waals surface area contributed by atoms with Crippen molar-refractivity contribution in [3.05, 3.63) is 29.3 Å². The van der Waals surface area contributed by atoms with E-state index in [1.807, 2.05) is 0 Å². The Morgan fingerprint density at radius 2 is 1.95 bits per heavy atom. The Kier molecular flexibility index (Phi) is 2.63. The van der Waals surface area contributed by atoms with Gasteiger partial charge in [-0.3, -0.25) is 0 Å². The van der Waals surface area contributed by atoms with Crippen LogP contribution < -0.4 is 10.1 Å². The lowest BCUT2D eigenvalue weighted by atomic mass is 10.0. The molecule has 4 rings (SSSR count). The minimum absolute atomic E-state index is 0.827. The van der Waals surface area contributed by atoms with Crippen molar-refractivity contribution in [2.24, 2.45) is 23.7 Å². The molecule has 4 unspecified atom stereocenters. The van der Waals surface area contributed by atoms with E-state index in [-0.39, 0.29) is 0 Å². The van der Waals surface area contributed by atoms with Gasteiger partial charge in [-0.25, -0.2) is 0 Å². The van der Waals surface area contributed by atoms with E-state index in [2.05, 4.69) is 30.4 Å². The van der Waals surface area contributed by atoms with Gasteiger partial charge in [-0.05, 0) is 67.1 Å². The van der Waals surface area contributed by atoms with Gasteiger partial charge in [0, 0.05) is 12.6 Å². The van der Waals surface area contributed by atoms with E-state index in [0.29, 0.717) is 0 Å². The standard InChI is InChI=1S/C17H23NO/c1-10-7-11(3-6-14(10)19-2)9-18-17-15-12-4-5-13(8-12)16(15)17/h3,6-7,12-13,15-18H,4-5,8-9H2,1-2H3. The van der Waals surface area contributed by atoms with Crippen molar-refractivity contribution in [2.75, 3.05) is 7.11 Å². The van der Waals surface area contributed by atoms with Crippen molar-refractivity contribution in [1.29, 1.82) is 0 Å². The predicted molar refractivity (Wildman–Crippen MR) is 76.2 cm³/mol. The second-order valence-electron chi connectivity index (χ2n) is 6.70. The molecule has 1 N–H and O–H groups in total. The summed E-state index contributed by atoms with van der Waals surface area (Å²) in [5, 5.41) is 3.80. The van der Waals surface area contributed by atoms with Crippen LogP contribution in [0.1, 0.15) is 30.4 Å². The number of fused-ring (bicyclic) bond motifs is 5. The van der Waals surface area contributed by atoms with Crippen LogP contribution in [0.3, 0.4) is 0 Å². The van der Waals surface area contributed by atoms with Crippen LogP contribution in [0.2, 0.25) is 0 Å². The monoisotopic (exact) mass is 257 g/mol. The number of aryl methyl sites for hydroxylation is 1. The fourth-order valence-electron chi connectivity index (χ4n) is 4.88. The molecular weight excluding hydrogens is 234 g/mol. The number of benzene rings is 1. The van der Waals surface area contributed by atoms with Crippen molar-refractivity contribution in [3.63, 3.8) is 0 Å². The van der Waals surface area contributed by atoms with E-state index >= 15 is 0 Å². The Bertz CT molecular complexity index is 482. The Hall–Kier alpha value is -1.02. The highest BCUT2D eigenvalue weighted by molar-refractivity contribution is 5.36. The van der Waals surface area contributed by atoms with E-state index in [0.717, 1.165) is 42.0 Å². The van der Waals surface area contributed by atoms with Crippen molar-refractivity contribution in [3.8, 4) is 5.75 Å². The molecule has 2 nitrogen and oxygen atoms in total. The zero-order valence-corrected chi connectivity index (χ0v) is 11.9. The second kappa shape index (κ2) is 4.24. The van der Waals surface area contributed by atoms with Gasteiger partial charge in [0.1, 0.15) is 5.75 Å². The Morgan fingerprint density at radius 1 is 1.21 bits per heavy atom. The molecule has 0 aliphatic heterocycles. The van der Waals surface area contributed by atoms with Gasteiger partial charge in [-0.2, -0.15) is 0 Å². The molecule has 0 radical (unpaired) electrons. The van der Waals surface area contributed by atoms with E-state index in [9.17, 15) is 0 Å². The summed E-state index contributed by atoms with van der Waals surface area (Å²) in [7, 11) is 1.74. The number of methoxy groups -OCH3 is 1. The molecule has 0 amide bonds. The van der Waals surface area contributed by atoms with Crippen LogP contribution in [0.15, 0.2) is 18.2 Å². The molecule has 2 heteroatoms. The van der Waals surface area contributed by atoms with Crippen LogP contribution in [0.5, 0.6) is 5.75 Å². The molecule has 0 heterocycles. The van der Waals surface area contributed by atoms with E-state index < -0.39 is 0 Å². The third-order valence-electron chi connectivity index (χ3n) is 5.74. The first kappa shape index (κ1) is 11.8. The molecule has 3 fully saturated rings. The molecule has 4 atom stereocenters. The average Bonchev–Trinajstić information content (AvgIpc) is 2.80. The summed E-state index contributed by atoms with van der Waals surface area (Å²) in [5.41, 5.74) is 2.62. The summed E-state index contributed by atoms with van der Waals surface area (Å²) in [6.45, 7) is 3.14. The lowest BCUT2D eigenvalue weighted by molar-refractivity contribution is 0.411. The van der Waals surface area contributed by atoms with E-state index in [1.54, 1.807) is 7.11 Å². The summed E-state index contributed by atoms with van der Waals surface area (Å²) >= 11 is 0. The summed E-state index contributed by atoms with van der Waals surface area (Å²) in [6, 6.07) is 7.35. The van der Waals surface area contributed by atoms with Gasteiger partial charge < -0.3 is 10.1 Å². The topological polar surface area (TPSA) is 21.3 Å². The Labute approximate surface area is 115 Å². The first-order chi connectivity index (χ1) is 9.28. The zero-order valence-electron chi connectivity index (χ0n) is 11.9. The number of hydrogen-bond donors (Lipinski definition) is 1. The fourth-order valence-corrected chi connectivity index (χ4v) is 4.88. The predicted octanol–water partition coefficient (Wildman–Crippen LogP) is 3.14. The first-order valence-corrected chi connectivity index (χ1v) is 7.65. The maximum atomic E-state index is 5.31. The largest absolute Gasteiger partial charge is 0.496 e. The quantitative estimate of drug-likeness (QED) is 0.894. The fraction of sp³-hybridized carbons (Fsp3) is 0.647. The number of nitrogens with one attached hydrogen (secondary N) is 1. The second-order valence-corrected chi connectivity index (χ2v) is 6.70. The molecule has 1 aromatic carbocycles. The third kappa shape index (κ3) is 1.80. The molecule has 0 aromatic heterocycles. The van der Waals surface area contributed by atoms with Crippen molar-refractivity contribution in [2.45, 2.75) is 38.8 Å². The molecule has 102 valence electrons. The smallest absolute Gasteiger partial charge is 0.121 e. The number of rotatable bonds is 4. The molecule has 3 saturated carbocycles. The molecule has 2 bridgehead atoms. The molecule has 0 saturated heterocycles. The molecular formula is C17H23NO. The SMILES string of the molecule is COc1ccc(CNC2C3C4CCC(C4)C23)cc1C. The minimum atomic E-state index is 0.827. The van der Waals surface area contributed by atoms with Gasteiger partial charge in [0.05, 0.1) is 7.11 Å². The van der Waals surface area contributed by atoms with Gasteiger partial charge >= 0.3 is 0 Å². The highest BCUT2D eigenvalue weighted by Crippen LogP contribution is 2.65. The highest BCUT2D eigenvalue weighted by Gasteiger charge is 2.64. The average molecular weight is 257 g/mol. The van der Waals surface area contributed by atoms with Gasteiger partial charge in [-0.1, -0.05) is 12.1 Å². The molecule has 1 aromatic rings. The molecule has 3 aliphatic carbocycles. The lowest BCUT2D eigenvalue weighted by Gasteiger charge is -2.12. The van der Waals surface area contributed by atoms with Crippen LogP contribution in [-0.2, 0) is 6.54 Å². The van der Waals surface area contributed by atoms with Crippen molar-refractivity contribution < 1.29 is 4.74 Å². The van der Waals surface area contributed by atoms with Gasteiger partial charge in [-0.15, -0.1) is 0 Å². The number of ether oxygens (including phenoxy) is 1. The van der Waals surface area contributed by atoms with Gasteiger partial charge in [0.15, 0.2) is 0 Å². The van der Waals surface area contributed by atoms with Gasteiger partial charge in [0.2, 0.25) is 0 Å². The van der Waals surface area contributed by atoms with Crippen LogP contribution in [0, 0.1) is 30.6 Å². The Balaban J connectivity index is 1.37. The maximum absolute atomic E-state index is 5.31. The summed E-state index contributed by atoms with van der Waals surface area (Å²) in [6.07, 6.45) is 4.55. The normalized spacial score (nSPS) is 38.3. The molecule has 3 aliphatic rings. The summed E-state index contributed by atoms with van der Waals surface area (Å²) < 4.78 is 5.31. The van der Waals surface area contributed by atoms with E-state index in [1.165, 1.54) is 30.4 Å². The summed E-state index contributed by atoms with van der Waals surface area (Å²) in [5.74, 6) is 5.16. The van der Waals surface area contributed by atoms with Crippen LogP contribution in [0.25, 0.3) is 0 Å². The van der Waals surface area contributed by atoms with Crippen LogP contribution in [0.4, 0.5) is 0 Å². The minimum Gasteiger partial charge on any atom is -0.496 e. The maximum Gasteiger partial charge on any atom is 0.121 e. The molecule has 19 heavy (non-hydrogen) atoms. The van der Waals surface area contributed by atoms with Crippen LogP contribution >= 0.6 is 0 Å². The van der Waals surface area contributed by atoms with Crippen molar-refractivity contribution >= 4 is 0 Å². The first-order valence-electron chi connectivity index (χ1n) is 7.65. The van der Waals surface area contributed by atoms with Crippen LogP contribution in [-0.4, -0.2) is 13.2 Å². The van der Waals surface area contributed by atoms with Crippen molar-refractivity contribution in [1.82, 2.24) is 5.32 Å². The zero-order chi connectivity index (χ0) is 13.0. The third-order valence-corrected chi connectivity index (χ3v) is 5.74.